The van der Waals surface area contributed by atoms with Crippen LogP contribution in [0.4, 0.5) is 20.4 Å². The van der Waals surface area contributed by atoms with Crippen molar-refractivity contribution < 1.29 is 8.78 Å². The van der Waals surface area contributed by atoms with E-state index in [1.165, 1.54) is 12.8 Å². The van der Waals surface area contributed by atoms with Crippen molar-refractivity contribution in [3.8, 4) is 0 Å². The van der Waals surface area contributed by atoms with Gasteiger partial charge >= 0.3 is 0 Å². The Labute approximate surface area is 112 Å². The minimum absolute atomic E-state index is 0.0703. The third-order valence-corrected chi connectivity index (χ3v) is 4.21. The Hall–Kier alpha value is -1.39. The second-order valence-corrected chi connectivity index (χ2v) is 5.31. The van der Waals surface area contributed by atoms with E-state index in [2.05, 4.69) is 22.5 Å². The van der Waals surface area contributed by atoms with E-state index in [-0.39, 0.29) is 17.1 Å². The van der Waals surface area contributed by atoms with Gasteiger partial charge in [0, 0.05) is 19.7 Å². The highest BCUT2D eigenvalue weighted by Gasteiger charge is 2.32. The van der Waals surface area contributed by atoms with Crippen LogP contribution in [0.15, 0.2) is 6.07 Å². The van der Waals surface area contributed by atoms with Gasteiger partial charge in [-0.2, -0.15) is 0 Å². The van der Waals surface area contributed by atoms with Gasteiger partial charge in [0.15, 0.2) is 23.3 Å². The summed E-state index contributed by atoms with van der Waals surface area (Å²) in [6.45, 7) is 2.86. The maximum absolute atomic E-state index is 13.7. The lowest BCUT2D eigenvalue weighted by molar-refractivity contribution is 0.306. The summed E-state index contributed by atoms with van der Waals surface area (Å²) in [6, 6.07) is 0.869. The van der Waals surface area contributed by atoms with E-state index in [0.29, 0.717) is 6.54 Å². The Balaban J connectivity index is 2.10. The molecule has 0 amide bonds. The Bertz CT molecular complexity index is 443. The molecule has 1 fully saturated rings. The highest BCUT2D eigenvalue weighted by atomic mass is 19.1. The Morgan fingerprint density at radius 2 is 1.84 bits per heavy atom. The van der Waals surface area contributed by atoms with Crippen LogP contribution in [-0.4, -0.2) is 18.6 Å². The van der Waals surface area contributed by atoms with Crippen molar-refractivity contribution >= 4 is 11.6 Å². The molecule has 1 aromatic rings. The molecular weight excluding hydrogens is 248 g/mol. The number of halogens is 2. The lowest BCUT2D eigenvalue weighted by atomic mass is 9.83. The fourth-order valence-corrected chi connectivity index (χ4v) is 2.82. The summed E-state index contributed by atoms with van der Waals surface area (Å²) >= 11 is 0. The van der Waals surface area contributed by atoms with Crippen molar-refractivity contribution in [2.45, 2.75) is 39.0 Å². The van der Waals surface area contributed by atoms with E-state index in [1.807, 2.05) is 0 Å². The quantitative estimate of drug-likeness (QED) is 0.854. The monoisotopic (exact) mass is 269 g/mol. The molecule has 0 aromatic carbocycles. The summed E-state index contributed by atoms with van der Waals surface area (Å²) in [5.74, 6) is -1.11. The zero-order valence-corrected chi connectivity index (χ0v) is 11.5. The van der Waals surface area contributed by atoms with Gasteiger partial charge in [0.25, 0.3) is 0 Å². The molecule has 1 heterocycles. The van der Waals surface area contributed by atoms with Crippen molar-refractivity contribution in [3.63, 3.8) is 0 Å². The molecule has 1 aliphatic carbocycles. The zero-order valence-electron chi connectivity index (χ0n) is 11.5. The standard InChI is InChI=1S/C14H21F2N3/c1-3-14(6-4-5-7-14)9-18-13-11(16)8-10(15)12(17-2)19-13/h8H,3-7,9H2,1-2H3,(H2,17,18,19). The van der Waals surface area contributed by atoms with Crippen molar-refractivity contribution in [1.29, 1.82) is 0 Å². The summed E-state index contributed by atoms with van der Waals surface area (Å²) < 4.78 is 27.0. The minimum Gasteiger partial charge on any atom is -0.371 e. The van der Waals surface area contributed by atoms with Crippen LogP contribution in [0, 0.1) is 17.0 Å². The Morgan fingerprint density at radius 3 is 2.42 bits per heavy atom. The maximum Gasteiger partial charge on any atom is 0.168 e. The van der Waals surface area contributed by atoms with Crippen LogP contribution in [0.3, 0.4) is 0 Å². The van der Waals surface area contributed by atoms with Crippen LogP contribution in [-0.2, 0) is 0 Å². The first kappa shape index (κ1) is 14.0. The number of anilines is 2. The number of hydrogen-bond acceptors (Lipinski definition) is 3. The number of nitrogens with one attached hydrogen (secondary N) is 2. The van der Waals surface area contributed by atoms with Gasteiger partial charge in [-0.3, -0.25) is 0 Å². The van der Waals surface area contributed by atoms with Crippen LogP contribution in [0.1, 0.15) is 39.0 Å². The molecule has 0 bridgehead atoms. The molecule has 0 unspecified atom stereocenters. The largest absolute Gasteiger partial charge is 0.371 e. The Morgan fingerprint density at radius 1 is 1.21 bits per heavy atom. The van der Waals surface area contributed by atoms with Gasteiger partial charge in [-0.25, -0.2) is 13.8 Å². The molecule has 2 N–H and O–H groups in total. The third kappa shape index (κ3) is 2.96. The van der Waals surface area contributed by atoms with Crippen LogP contribution in [0.5, 0.6) is 0 Å². The van der Waals surface area contributed by atoms with Crippen molar-refractivity contribution in [3.05, 3.63) is 17.7 Å². The predicted octanol–water partition coefficient (Wildman–Crippen LogP) is 3.78. The fourth-order valence-electron chi connectivity index (χ4n) is 2.82. The number of rotatable bonds is 5. The summed E-state index contributed by atoms with van der Waals surface area (Å²) in [4.78, 5) is 3.94. The van der Waals surface area contributed by atoms with Gasteiger partial charge in [0.05, 0.1) is 0 Å². The topological polar surface area (TPSA) is 37.0 Å². The first-order valence-corrected chi connectivity index (χ1v) is 6.88. The second kappa shape index (κ2) is 5.72. The van der Waals surface area contributed by atoms with Gasteiger partial charge in [-0.1, -0.05) is 19.8 Å². The van der Waals surface area contributed by atoms with Crippen LogP contribution < -0.4 is 10.6 Å². The summed E-state index contributed by atoms with van der Waals surface area (Å²) in [5.41, 5.74) is 0.238. The van der Waals surface area contributed by atoms with E-state index < -0.39 is 11.6 Å². The van der Waals surface area contributed by atoms with Crippen molar-refractivity contribution in [1.82, 2.24) is 4.98 Å². The van der Waals surface area contributed by atoms with Crippen molar-refractivity contribution in [2.75, 3.05) is 24.2 Å². The van der Waals surface area contributed by atoms with E-state index >= 15 is 0 Å². The molecule has 0 aliphatic heterocycles. The number of aromatic nitrogens is 1. The van der Waals surface area contributed by atoms with Gasteiger partial charge in [0.1, 0.15) is 0 Å². The molecule has 106 valence electrons. The molecule has 0 spiro atoms. The van der Waals surface area contributed by atoms with Gasteiger partial charge in [-0.05, 0) is 24.7 Å². The van der Waals surface area contributed by atoms with Gasteiger partial charge in [-0.15, -0.1) is 0 Å². The average molecular weight is 269 g/mol. The van der Waals surface area contributed by atoms with E-state index in [1.54, 1.807) is 7.05 Å². The van der Waals surface area contributed by atoms with Crippen LogP contribution in [0.25, 0.3) is 0 Å². The molecule has 0 atom stereocenters. The van der Waals surface area contributed by atoms with E-state index in [9.17, 15) is 8.78 Å². The molecule has 5 heteroatoms. The number of nitrogens with zero attached hydrogens (tertiary/aromatic N) is 1. The highest BCUT2D eigenvalue weighted by Crippen LogP contribution is 2.41. The van der Waals surface area contributed by atoms with Gasteiger partial charge < -0.3 is 10.6 Å². The average Bonchev–Trinajstić information content (AvgIpc) is 2.87. The molecule has 0 saturated heterocycles. The molecule has 1 aromatic heterocycles. The van der Waals surface area contributed by atoms with Crippen molar-refractivity contribution in [2.24, 2.45) is 5.41 Å². The normalized spacial score (nSPS) is 17.5. The summed E-state index contributed by atoms with van der Waals surface area (Å²) in [5, 5.41) is 5.68. The predicted molar refractivity (Wildman–Crippen MR) is 73.4 cm³/mol. The van der Waals surface area contributed by atoms with E-state index in [4.69, 9.17) is 0 Å². The number of hydrogen-bond donors (Lipinski definition) is 2. The minimum atomic E-state index is -0.670. The zero-order chi connectivity index (χ0) is 13.9. The molecule has 19 heavy (non-hydrogen) atoms. The fraction of sp³-hybridized carbons (Fsp3) is 0.643. The highest BCUT2D eigenvalue weighted by molar-refractivity contribution is 5.47. The Kier molecular flexibility index (Phi) is 4.22. The molecule has 1 saturated carbocycles. The maximum atomic E-state index is 13.7. The molecule has 1 aliphatic rings. The van der Waals surface area contributed by atoms with Crippen LogP contribution >= 0.6 is 0 Å². The molecule has 0 radical (unpaired) electrons. The SMILES string of the molecule is CCC1(CNc2nc(NC)c(F)cc2F)CCCC1. The molecule has 3 nitrogen and oxygen atoms in total. The third-order valence-electron chi connectivity index (χ3n) is 4.21. The number of pyridine rings is 1. The summed E-state index contributed by atoms with van der Waals surface area (Å²) in [6.07, 6.45) is 5.87. The molecular formula is C14H21F2N3. The lowest BCUT2D eigenvalue weighted by Gasteiger charge is -2.28. The first-order chi connectivity index (χ1) is 9.10. The van der Waals surface area contributed by atoms with Crippen LogP contribution in [0.2, 0.25) is 0 Å². The lowest BCUT2D eigenvalue weighted by Crippen LogP contribution is -2.26. The summed E-state index contributed by atoms with van der Waals surface area (Å²) in [7, 11) is 1.57. The molecule has 2 rings (SSSR count). The second-order valence-electron chi connectivity index (χ2n) is 5.31. The smallest absolute Gasteiger partial charge is 0.168 e. The van der Waals surface area contributed by atoms with E-state index in [0.717, 1.165) is 25.3 Å². The van der Waals surface area contributed by atoms with Gasteiger partial charge in [0.2, 0.25) is 0 Å². The first-order valence-electron chi connectivity index (χ1n) is 6.88.